The molecule has 5 nitrogen and oxygen atoms in total. The predicted molar refractivity (Wildman–Crippen MR) is 30.9 cm³/mol. The fraction of sp³-hybridized carbons (Fsp3) is 0.800. The maximum Gasteiger partial charge on any atom is 1.00 e. The normalized spacial score (nSPS) is 7.73. The molecule has 0 spiro atoms. The average Bonchev–Trinajstić information content (AvgIpc) is 1.85. The van der Waals surface area contributed by atoms with Crippen LogP contribution in [-0.2, 0) is 4.79 Å². The third-order valence-electron chi connectivity index (χ3n) is 0.421. The van der Waals surface area contributed by atoms with Gasteiger partial charge in [-0.3, -0.25) is 0 Å². The van der Waals surface area contributed by atoms with Gasteiger partial charge in [0.25, 0.3) is 0 Å². The van der Waals surface area contributed by atoms with Crippen LogP contribution in [0.25, 0.3) is 0 Å². The van der Waals surface area contributed by atoms with Crippen molar-refractivity contribution < 1.29 is 76.6 Å². The van der Waals surface area contributed by atoms with Crippen molar-refractivity contribution in [2.75, 3.05) is 13.2 Å². The first kappa shape index (κ1) is 17.9. The number of carboxylic acid groups (broad SMARTS) is 1. The van der Waals surface area contributed by atoms with E-state index < -0.39 is 12.1 Å². The van der Waals surface area contributed by atoms with Gasteiger partial charge in [-0.1, -0.05) is 0 Å². The van der Waals surface area contributed by atoms with Crippen LogP contribution in [0.5, 0.6) is 0 Å². The van der Waals surface area contributed by atoms with Crippen molar-refractivity contribution in [2.45, 2.75) is 13.0 Å². The molecule has 0 aliphatic rings. The fourth-order valence-corrected chi connectivity index (χ4v) is 0.0577. The van der Waals surface area contributed by atoms with Gasteiger partial charge in [-0.2, -0.15) is 0 Å². The molecule has 11 heavy (non-hydrogen) atoms. The second kappa shape index (κ2) is 13.6. The topological polar surface area (TPSA) is 101 Å². The first-order valence-electron chi connectivity index (χ1n) is 2.62. The minimum absolute atomic E-state index is 0. The Hall–Kier alpha value is 0.986. The summed E-state index contributed by atoms with van der Waals surface area (Å²) in [6, 6.07) is 0. The Morgan fingerprint density at radius 2 is 1.64 bits per heavy atom. The summed E-state index contributed by atoms with van der Waals surface area (Å²) in [5.41, 5.74) is 0. The van der Waals surface area contributed by atoms with Gasteiger partial charge in [0.1, 0.15) is 6.10 Å². The summed E-state index contributed by atoms with van der Waals surface area (Å²) in [6.45, 7) is 0.243. The van der Waals surface area contributed by atoms with Gasteiger partial charge in [0.05, 0.1) is 13.2 Å². The third kappa shape index (κ3) is 35.7. The standard InChI is InChI=1S/C3H8O3.C2H4O2.K/c4-1-3(6)2-5;1-2(3)4;/h3-6H,1-2H2;1H3,(H,3,4);/q;;+1/p-1. The molecule has 0 aromatic carbocycles. The molecule has 0 saturated carbocycles. The number of carbonyl (C=O) groups excluding carboxylic acids is 1. The molecule has 3 N–H and O–H groups in total. The van der Waals surface area contributed by atoms with E-state index in [1.54, 1.807) is 0 Å². The molecule has 0 bridgehead atoms. The van der Waals surface area contributed by atoms with Crippen LogP contribution < -0.4 is 56.5 Å². The van der Waals surface area contributed by atoms with E-state index in [9.17, 15) is 0 Å². The molecule has 0 aromatic heterocycles. The van der Waals surface area contributed by atoms with Gasteiger partial charge in [-0.05, 0) is 6.92 Å². The number of carboxylic acids is 1. The van der Waals surface area contributed by atoms with Crippen molar-refractivity contribution in [1.82, 2.24) is 0 Å². The number of carbonyl (C=O) groups is 1. The fourth-order valence-electron chi connectivity index (χ4n) is 0.0577. The molecule has 62 valence electrons. The zero-order valence-corrected chi connectivity index (χ0v) is 9.77. The molecule has 6 heteroatoms. The van der Waals surface area contributed by atoms with Gasteiger partial charge in [0.15, 0.2) is 0 Å². The number of aliphatic carboxylic acids is 1. The van der Waals surface area contributed by atoms with Crippen molar-refractivity contribution >= 4 is 5.97 Å². The van der Waals surface area contributed by atoms with Crippen LogP contribution in [0.2, 0.25) is 0 Å². The Balaban J connectivity index is -0.000000114. The molecular formula is C5H11KO5. The predicted octanol–water partition coefficient (Wildman–Crippen LogP) is -5.91. The van der Waals surface area contributed by atoms with E-state index in [1.807, 2.05) is 0 Å². The molecule has 0 amide bonds. The van der Waals surface area contributed by atoms with E-state index in [-0.39, 0.29) is 64.6 Å². The maximum atomic E-state index is 8.89. The van der Waals surface area contributed by atoms with E-state index in [0.29, 0.717) is 0 Å². The molecule has 0 fully saturated rings. The molecule has 0 aromatic rings. The Bertz CT molecular complexity index is 78.9. The van der Waals surface area contributed by atoms with Crippen LogP contribution in [0.4, 0.5) is 0 Å². The van der Waals surface area contributed by atoms with Crippen molar-refractivity contribution in [3.05, 3.63) is 0 Å². The average molecular weight is 190 g/mol. The zero-order valence-electron chi connectivity index (χ0n) is 6.65. The molecule has 0 radical (unpaired) electrons. The summed E-state index contributed by atoms with van der Waals surface area (Å²) in [4.78, 5) is 8.89. The van der Waals surface area contributed by atoms with Gasteiger partial charge in [0, 0.05) is 5.97 Å². The maximum absolute atomic E-state index is 8.89. The van der Waals surface area contributed by atoms with Crippen LogP contribution >= 0.6 is 0 Å². The first-order valence-corrected chi connectivity index (χ1v) is 2.62. The smallest absolute Gasteiger partial charge is 0.550 e. The molecule has 0 rings (SSSR count). The SMILES string of the molecule is CC(=O)[O-].OCC(O)CO.[K+]. The summed E-state index contributed by atoms with van der Waals surface area (Å²) < 4.78 is 0. The van der Waals surface area contributed by atoms with E-state index in [0.717, 1.165) is 6.92 Å². The number of aliphatic hydroxyl groups excluding tert-OH is 3. The number of hydrogen-bond acceptors (Lipinski definition) is 5. The molecule has 0 aliphatic heterocycles. The molecule has 0 atom stereocenters. The second-order valence-electron chi connectivity index (χ2n) is 1.51. The van der Waals surface area contributed by atoms with E-state index >= 15 is 0 Å². The number of rotatable bonds is 2. The summed E-state index contributed by atoms with van der Waals surface area (Å²) in [5.74, 6) is -1.08. The Morgan fingerprint density at radius 3 is 1.64 bits per heavy atom. The third-order valence-corrected chi connectivity index (χ3v) is 0.421. The molecule has 0 unspecified atom stereocenters. The Labute approximate surface area is 107 Å². The van der Waals surface area contributed by atoms with Gasteiger partial charge in [-0.15, -0.1) is 0 Å². The van der Waals surface area contributed by atoms with Crippen molar-refractivity contribution in [2.24, 2.45) is 0 Å². The summed E-state index contributed by atoms with van der Waals surface area (Å²) >= 11 is 0. The largest absolute Gasteiger partial charge is 1.00 e. The Kier molecular flexibility index (Phi) is 22.1. The van der Waals surface area contributed by atoms with Gasteiger partial charge in [-0.25, -0.2) is 0 Å². The van der Waals surface area contributed by atoms with Crippen molar-refractivity contribution in [3.8, 4) is 0 Å². The van der Waals surface area contributed by atoms with E-state index in [1.165, 1.54) is 0 Å². The first-order chi connectivity index (χ1) is 4.54. The quantitative estimate of drug-likeness (QED) is 0.376. The van der Waals surface area contributed by atoms with Gasteiger partial charge in [0.2, 0.25) is 0 Å². The van der Waals surface area contributed by atoms with Crippen LogP contribution in [0.1, 0.15) is 6.92 Å². The summed E-state index contributed by atoms with van der Waals surface area (Å²) in [5, 5.41) is 32.9. The zero-order chi connectivity index (χ0) is 8.57. The Morgan fingerprint density at radius 1 is 1.45 bits per heavy atom. The van der Waals surface area contributed by atoms with Crippen LogP contribution in [0.3, 0.4) is 0 Å². The van der Waals surface area contributed by atoms with Crippen LogP contribution in [-0.4, -0.2) is 40.6 Å². The number of aliphatic hydroxyl groups is 3. The monoisotopic (exact) mass is 190 g/mol. The summed E-state index contributed by atoms with van der Waals surface area (Å²) in [7, 11) is 0. The second-order valence-corrected chi connectivity index (χ2v) is 1.51. The minimum atomic E-state index is -1.08. The van der Waals surface area contributed by atoms with Crippen LogP contribution in [0.15, 0.2) is 0 Å². The van der Waals surface area contributed by atoms with Crippen molar-refractivity contribution in [3.63, 3.8) is 0 Å². The van der Waals surface area contributed by atoms with Crippen molar-refractivity contribution in [1.29, 1.82) is 0 Å². The molecule has 0 saturated heterocycles. The van der Waals surface area contributed by atoms with E-state index in [4.69, 9.17) is 25.2 Å². The number of hydrogen-bond donors (Lipinski definition) is 3. The van der Waals surface area contributed by atoms with E-state index in [2.05, 4.69) is 0 Å². The van der Waals surface area contributed by atoms with Gasteiger partial charge < -0.3 is 25.2 Å². The summed E-state index contributed by atoms with van der Waals surface area (Å²) in [6.07, 6.45) is -0.954. The molecular weight excluding hydrogens is 179 g/mol. The van der Waals surface area contributed by atoms with Crippen LogP contribution in [0, 0.1) is 0 Å². The molecule has 0 heterocycles. The minimum Gasteiger partial charge on any atom is -0.550 e. The molecule has 0 aliphatic carbocycles. The van der Waals surface area contributed by atoms with Gasteiger partial charge >= 0.3 is 51.4 Å².